The second-order valence-corrected chi connectivity index (χ2v) is 9.36. The molecular weight excluding hydrogens is 529 g/mol. The van der Waals surface area contributed by atoms with Crippen LogP contribution < -0.4 is 15.4 Å². The number of methoxy groups -OCH3 is 3. The predicted molar refractivity (Wildman–Crippen MR) is 132 cm³/mol. The third-order valence-corrected chi connectivity index (χ3v) is 7.01. The van der Waals surface area contributed by atoms with Gasteiger partial charge >= 0.3 is 6.18 Å². The highest BCUT2D eigenvalue weighted by atomic mass is 19.4. The Morgan fingerprint density at radius 1 is 1.15 bits per heavy atom. The Hall–Kier alpha value is -2.87. The Morgan fingerprint density at radius 3 is 2.44 bits per heavy atom. The molecule has 216 valence electrons. The van der Waals surface area contributed by atoms with Gasteiger partial charge in [-0.1, -0.05) is 13.0 Å². The molecule has 1 aromatic heterocycles. The van der Waals surface area contributed by atoms with Crippen molar-refractivity contribution < 1.29 is 45.7 Å². The van der Waals surface area contributed by atoms with Crippen LogP contribution in [0.15, 0.2) is 30.5 Å². The first-order chi connectivity index (χ1) is 18.4. The molecule has 1 aliphatic rings. The highest BCUT2D eigenvalue weighted by Crippen LogP contribution is 2.55. The number of carbonyl (C=O) groups excluding carboxylic acids is 1. The van der Waals surface area contributed by atoms with Gasteiger partial charge < -0.3 is 29.6 Å². The van der Waals surface area contributed by atoms with Crippen LogP contribution in [0.2, 0.25) is 0 Å². The molecule has 5 atom stereocenters. The van der Waals surface area contributed by atoms with Crippen LogP contribution in [0.25, 0.3) is 0 Å². The molecule has 2 aromatic rings. The van der Waals surface area contributed by atoms with E-state index in [9.17, 15) is 26.7 Å². The fraction of sp³-hybridized carbons (Fsp3) is 0.538. The van der Waals surface area contributed by atoms with Crippen LogP contribution in [0.5, 0.6) is 5.75 Å². The number of halogens is 5. The molecule has 0 saturated carbocycles. The summed E-state index contributed by atoms with van der Waals surface area (Å²) in [5.41, 5.74) is -2.07. The van der Waals surface area contributed by atoms with Crippen molar-refractivity contribution in [1.29, 1.82) is 0 Å². The number of ether oxygens (including phenoxy) is 4. The zero-order valence-electron chi connectivity index (χ0n) is 22.2. The largest absolute Gasteiger partial charge is 0.493 e. The van der Waals surface area contributed by atoms with E-state index in [0.29, 0.717) is 25.5 Å². The maximum atomic E-state index is 14.5. The van der Waals surface area contributed by atoms with Gasteiger partial charge in [0.05, 0.1) is 43.9 Å². The van der Waals surface area contributed by atoms with Crippen LogP contribution in [0.3, 0.4) is 0 Å². The summed E-state index contributed by atoms with van der Waals surface area (Å²) < 4.78 is 91.3. The van der Waals surface area contributed by atoms with Crippen LogP contribution in [0.4, 0.5) is 27.6 Å². The van der Waals surface area contributed by atoms with E-state index >= 15 is 0 Å². The average Bonchev–Trinajstić information content (AvgIpc) is 3.17. The van der Waals surface area contributed by atoms with Gasteiger partial charge in [-0.25, -0.2) is 4.39 Å². The van der Waals surface area contributed by atoms with Gasteiger partial charge in [-0.3, -0.25) is 9.78 Å². The van der Waals surface area contributed by atoms with Crippen molar-refractivity contribution >= 4 is 11.6 Å². The van der Waals surface area contributed by atoms with Crippen LogP contribution in [0, 0.1) is 17.6 Å². The number of nitrogens with zero attached hydrogens (tertiary/aromatic N) is 1. The molecule has 3 rings (SSSR count). The third-order valence-electron chi connectivity index (χ3n) is 7.01. The van der Waals surface area contributed by atoms with E-state index in [2.05, 4.69) is 15.6 Å². The second-order valence-electron chi connectivity index (χ2n) is 9.36. The summed E-state index contributed by atoms with van der Waals surface area (Å²) in [6, 6.07) is 4.78. The highest BCUT2D eigenvalue weighted by Gasteiger charge is 2.65. The number of aromatic nitrogens is 1. The Labute approximate surface area is 223 Å². The fourth-order valence-corrected chi connectivity index (χ4v) is 4.69. The molecule has 1 amide bonds. The Morgan fingerprint density at radius 2 is 1.87 bits per heavy atom. The molecule has 0 radical (unpaired) electrons. The number of amides is 1. The number of alkyl halides is 3. The Kier molecular flexibility index (Phi) is 9.86. The van der Waals surface area contributed by atoms with E-state index in [1.807, 2.05) is 0 Å². The first kappa shape index (κ1) is 30.7. The predicted octanol–water partition coefficient (Wildman–Crippen LogP) is 4.37. The molecule has 0 bridgehead atoms. The standard InChI is InChI=1S/C26H32F5N3O5/c1-14-20(16-7-8-17(27)21(28)22(16)38-5)23(39-25(14,2)26(29,30)31)24(35)34-15-6-9-18(33-12-15)19(13-37-4)32-10-11-36-3/h6-9,12,14,19-20,23,32H,10-11,13H2,1-5H3,(H,34,35)/t14-,19-,20-,23+,25+/m0/s1. The molecule has 13 heteroatoms. The minimum atomic E-state index is -4.86. The lowest BCUT2D eigenvalue weighted by atomic mass is 9.77. The number of carbonyl (C=O) groups is 1. The van der Waals surface area contributed by atoms with Gasteiger partial charge in [-0.05, 0) is 25.1 Å². The van der Waals surface area contributed by atoms with Gasteiger partial charge in [-0.2, -0.15) is 17.6 Å². The van der Waals surface area contributed by atoms with Crippen LogP contribution in [-0.2, 0) is 19.0 Å². The maximum Gasteiger partial charge on any atom is 0.417 e. The molecule has 1 aliphatic heterocycles. The van der Waals surface area contributed by atoms with Gasteiger partial charge in [0.25, 0.3) is 5.91 Å². The molecule has 2 N–H and O–H groups in total. The zero-order chi connectivity index (χ0) is 29.0. The molecule has 1 saturated heterocycles. The topological polar surface area (TPSA) is 90.9 Å². The van der Waals surface area contributed by atoms with Crippen molar-refractivity contribution in [3.8, 4) is 5.75 Å². The lowest BCUT2D eigenvalue weighted by molar-refractivity contribution is -0.272. The number of hydrogen-bond acceptors (Lipinski definition) is 7. The molecule has 0 spiro atoms. The normalized spacial score (nSPS) is 24.0. The number of rotatable bonds is 11. The minimum absolute atomic E-state index is 0.116. The summed E-state index contributed by atoms with van der Waals surface area (Å²) in [5, 5.41) is 5.75. The first-order valence-electron chi connectivity index (χ1n) is 12.1. The number of hydrogen-bond donors (Lipinski definition) is 2. The summed E-state index contributed by atoms with van der Waals surface area (Å²) in [6.07, 6.45) is -5.22. The zero-order valence-corrected chi connectivity index (χ0v) is 22.2. The van der Waals surface area contributed by atoms with E-state index in [1.165, 1.54) is 26.3 Å². The third kappa shape index (κ3) is 6.32. The van der Waals surface area contributed by atoms with Crippen molar-refractivity contribution in [2.45, 2.75) is 43.7 Å². The van der Waals surface area contributed by atoms with E-state index in [1.54, 1.807) is 13.2 Å². The van der Waals surface area contributed by atoms with Gasteiger partial charge in [0.1, 0.15) is 6.10 Å². The van der Waals surface area contributed by atoms with E-state index in [4.69, 9.17) is 18.9 Å². The van der Waals surface area contributed by atoms with Crippen LogP contribution in [-0.4, -0.2) is 69.9 Å². The summed E-state index contributed by atoms with van der Waals surface area (Å²) >= 11 is 0. The molecule has 0 unspecified atom stereocenters. The number of nitrogens with one attached hydrogen (secondary N) is 2. The lowest BCUT2D eigenvalue weighted by Gasteiger charge is -2.32. The van der Waals surface area contributed by atoms with E-state index < -0.39 is 53.0 Å². The molecule has 1 aromatic carbocycles. The number of benzene rings is 1. The molecule has 2 heterocycles. The summed E-state index contributed by atoms with van der Waals surface area (Å²) in [4.78, 5) is 17.7. The average molecular weight is 562 g/mol. The lowest BCUT2D eigenvalue weighted by Crippen LogP contribution is -2.47. The Bertz CT molecular complexity index is 1130. The number of pyridine rings is 1. The smallest absolute Gasteiger partial charge is 0.417 e. The van der Waals surface area contributed by atoms with Gasteiger partial charge in [0, 0.05) is 38.2 Å². The number of anilines is 1. The fourth-order valence-electron chi connectivity index (χ4n) is 4.69. The van der Waals surface area contributed by atoms with Gasteiger partial charge in [0.15, 0.2) is 17.2 Å². The summed E-state index contributed by atoms with van der Waals surface area (Å²) in [6.45, 7) is 3.38. The highest BCUT2D eigenvalue weighted by molar-refractivity contribution is 5.95. The van der Waals surface area contributed by atoms with Crippen LogP contribution >= 0.6 is 0 Å². The van der Waals surface area contributed by atoms with Gasteiger partial charge in [-0.15, -0.1) is 0 Å². The van der Waals surface area contributed by atoms with Gasteiger partial charge in [0.2, 0.25) is 5.82 Å². The van der Waals surface area contributed by atoms with Crippen molar-refractivity contribution in [3.05, 3.63) is 53.4 Å². The summed E-state index contributed by atoms with van der Waals surface area (Å²) in [7, 11) is 4.17. The summed E-state index contributed by atoms with van der Waals surface area (Å²) in [5.74, 6) is -6.78. The van der Waals surface area contributed by atoms with Crippen molar-refractivity contribution in [2.75, 3.05) is 46.4 Å². The van der Waals surface area contributed by atoms with Crippen molar-refractivity contribution in [3.63, 3.8) is 0 Å². The molecule has 1 fully saturated rings. The molecule has 0 aliphatic carbocycles. The first-order valence-corrected chi connectivity index (χ1v) is 12.1. The Balaban J connectivity index is 1.91. The SMILES string of the molecule is COCCN[C@@H](COC)c1ccc(NC(=O)[C@@H]2O[C@@](C)(C(F)(F)F)[C@@H](C)[C@H]2c2ccc(F)c(F)c2OC)cn1. The molecular formula is C26H32F5N3O5. The molecule has 8 nitrogen and oxygen atoms in total. The van der Waals surface area contributed by atoms with E-state index in [0.717, 1.165) is 26.2 Å². The second kappa shape index (κ2) is 12.5. The quantitative estimate of drug-likeness (QED) is 0.311. The van der Waals surface area contributed by atoms with Crippen molar-refractivity contribution in [1.82, 2.24) is 10.3 Å². The monoisotopic (exact) mass is 561 g/mol. The van der Waals surface area contributed by atoms with Crippen LogP contribution in [0.1, 0.15) is 37.1 Å². The van der Waals surface area contributed by atoms with Crippen molar-refractivity contribution in [2.24, 2.45) is 5.92 Å². The maximum absolute atomic E-state index is 14.5. The van der Waals surface area contributed by atoms with E-state index in [-0.39, 0.29) is 17.3 Å². The molecule has 39 heavy (non-hydrogen) atoms. The minimum Gasteiger partial charge on any atom is -0.493 e.